The second-order valence-electron chi connectivity index (χ2n) is 4.20. The molecule has 3 heteroatoms. The molecule has 1 aromatic carbocycles. The van der Waals surface area contributed by atoms with Crippen molar-refractivity contribution >= 4 is 5.97 Å². The van der Waals surface area contributed by atoms with E-state index < -0.39 is 5.72 Å². The third kappa shape index (κ3) is 3.07. The quantitative estimate of drug-likeness (QED) is 0.627. The van der Waals surface area contributed by atoms with Crippen molar-refractivity contribution in [2.24, 2.45) is 11.7 Å². The van der Waals surface area contributed by atoms with Crippen molar-refractivity contribution in [3.63, 3.8) is 0 Å². The zero-order chi connectivity index (χ0) is 12.2. The highest BCUT2D eigenvalue weighted by molar-refractivity contribution is 5.72. The van der Waals surface area contributed by atoms with Crippen LogP contribution >= 0.6 is 0 Å². The van der Waals surface area contributed by atoms with Gasteiger partial charge in [-0.2, -0.15) is 0 Å². The van der Waals surface area contributed by atoms with Crippen molar-refractivity contribution in [3.05, 3.63) is 35.9 Å². The lowest BCUT2D eigenvalue weighted by Crippen LogP contribution is -2.39. The second-order valence-corrected chi connectivity index (χ2v) is 4.20. The molecule has 0 spiro atoms. The minimum atomic E-state index is -1.05. The molecule has 0 aliphatic carbocycles. The summed E-state index contributed by atoms with van der Waals surface area (Å²) >= 11 is 0. The fourth-order valence-electron chi connectivity index (χ4n) is 1.30. The Morgan fingerprint density at radius 3 is 2.50 bits per heavy atom. The number of carbonyl (C=O) groups excluding carboxylic acids is 1. The number of rotatable bonds is 4. The topological polar surface area (TPSA) is 52.3 Å². The van der Waals surface area contributed by atoms with Gasteiger partial charge in [-0.25, -0.2) is 0 Å². The SMILES string of the molecule is CCC(C)C(=O)OC(C)(N)c1ccccc1. The first-order chi connectivity index (χ1) is 7.47. The van der Waals surface area contributed by atoms with Gasteiger partial charge in [-0.15, -0.1) is 0 Å². The predicted octanol–water partition coefficient (Wildman–Crippen LogP) is 2.41. The Kier molecular flexibility index (Phi) is 4.07. The number of esters is 1. The van der Waals surface area contributed by atoms with Crippen LogP contribution in [0.1, 0.15) is 32.8 Å². The molecular weight excluding hydrogens is 202 g/mol. The van der Waals surface area contributed by atoms with Crippen LogP contribution in [0.3, 0.4) is 0 Å². The standard InChI is InChI=1S/C13H19NO2/c1-4-10(2)12(15)16-13(3,14)11-8-6-5-7-9-11/h5-10H,4,14H2,1-3H3. The monoisotopic (exact) mass is 221 g/mol. The molecule has 2 atom stereocenters. The number of hydrogen-bond donors (Lipinski definition) is 1. The van der Waals surface area contributed by atoms with Gasteiger partial charge >= 0.3 is 5.97 Å². The molecule has 2 unspecified atom stereocenters. The van der Waals surface area contributed by atoms with Gasteiger partial charge in [0.25, 0.3) is 0 Å². The zero-order valence-electron chi connectivity index (χ0n) is 10.1. The average molecular weight is 221 g/mol. The summed E-state index contributed by atoms with van der Waals surface area (Å²) < 4.78 is 5.32. The summed E-state index contributed by atoms with van der Waals surface area (Å²) in [6, 6.07) is 9.35. The van der Waals surface area contributed by atoms with Gasteiger partial charge in [0.05, 0.1) is 5.92 Å². The molecular formula is C13H19NO2. The largest absolute Gasteiger partial charge is 0.440 e. The molecule has 0 aliphatic rings. The van der Waals surface area contributed by atoms with Crippen molar-refractivity contribution in [1.82, 2.24) is 0 Å². The number of hydrogen-bond acceptors (Lipinski definition) is 3. The first-order valence-electron chi connectivity index (χ1n) is 5.54. The summed E-state index contributed by atoms with van der Waals surface area (Å²) in [5, 5.41) is 0. The van der Waals surface area contributed by atoms with E-state index in [0.717, 1.165) is 12.0 Å². The van der Waals surface area contributed by atoms with Gasteiger partial charge in [-0.3, -0.25) is 10.5 Å². The van der Waals surface area contributed by atoms with Gasteiger partial charge in [-0.1, -0.05) is 44.2 Å². The van der Waals surface area contributed by atoms with E-state index in [4.69, 9.17) is 10.5 Å². The zero-order valence-corrected chi connectivity index (χ0v) is 10.1. The summed E-state index contributed by atoms with van der Waals surface area (Å²) in [6.45, 7) is 5.48. The Hall–Kier alpha value is -1.35. The Balaban J connectivity index is 2.76. The Morgan fingerprint density at radius 2 is 2.00 bits per heavy atom. The molecule has 1 rings (SSSR count). The molecule has 0 radical (unpaired) electrons. The lowest BCUT2D eigenvalue weighted by Gasteiger charge is -2.26. The van der Waals surface area contributed by atoms with Crippen LogP contribution in [-0.2, 0) is 15.3 Å². The van der Waals surface area contributed by atoms with E-state index in [1.54, 1.807) is 6.92 Å². The fraction of sp³-hybridized carbons (Fsp3) is 0.462. The third-order valence-corrected chi connectivity index (χ3v) is 2.67. The summed E-state index contributed by atoms with van der Waals surface area (Å²) in [4.78, 5) is 11.7. The molecule has 2 N–H and O–H groups in total. The van der Waals surface area contributed by atoms with Gasteiger partial charge in [0.1, 0.15) is 0 Å². The van der Waals surface area contributed by atoms with E-state index in [0.29, 0.717) is 0 Å². The summed E-state index contributed by atoms with van der Waals surface area (Å²) in [5.74, 6) is -0.372. The molecule has 0 aromatic heterocycles. The van der Waals surface area contributed by atoms with Crippen molar-refractivity contribution in [3.8, 4) is 0 Å². The molecule has 0 saturated heterocycles. The molecule has 0 saturated carbocycles. The second kappa shape index (κ2) is 5.12. The van der Waals surface area contributed by atoms with Crippen LogP contribution in [-0.4, -0.2) is 5.97 Å². The van der Waals surface area contributed by atoms with E-state index in [9.17, 15) is 4.79 Å². The smallest absolute Gasteiger partial charge is 0.310 e. The van der Waals surface area contributed by atoms with Gasteiger partial charge in [0.2, 0.25) is 0 Å². The molecule has 0 fully saturated rings. The minimum absolute atomic E-state index is 0.119. The maximum atomic E-state index is 11.7. The summed E-state index contributed by atoms with van der Waals surface area (Å²) in [5.41, 5.74) is 5.73. The van der Waals surface area contributed by atoms with Crippen LogP contribution in [0, 0.1) is 5.92 Å². The Labute approximate surface area is 96.6 Å². The lowest BCUT2D eigenvalue weighted by atomic mass is 10.0. The Morgan fingerprint density at radius 1 is 1.44 bits per heavy atom. The molecule has 0 bridgehead atoms. The summed E-state index contributed by atoms with van der Waals surface area (Å²) in [7, 11) is 0. The van der Waals surface area contributed by atoms with Gasteiger partial charge in [-0.05, 0) is 13.3 Å². The number of benzene rings is 1. The first kappa shape index (κ1) is 12.7. The molecule has 0 amide bonds. The van der Waals surface area contributed by atoms with Crippen LogP contribution in [0.15, 0.2) is 30.3 Å². The van der Waals surface area contributed by atoms with Gasteiger partial charge < -0.3 is 4.74 Å². The maximum absolute atomic E-state index is 11.7. The minimum Gasteiger partial charge on any atom is -0.440 e. The van der Waals surface area contributed by atoms with E-state index in [1.807, 2.05) is 44.2 Å². The van der Waals surface area contributed by atoms with E-state index in [1.165, 1.54) is 0 Å². The van der Waals surface area contributed by atoms with Crippen molar-refractivity contribution in [2.75, 3.05) is 0 Å². The molecule has 0 aliphatic heterocycles. The highest BCUT2D eigenvalue weighted by Gasteiger charge is 2.27. The van der Waals surface area contributed by atoms with Crippen LogP contribution < -0.4 is 5.73 Å². The molecule has 3 nitrogen and oxygen atoms in total. The lowest BCUT2D eigenvalue weighted by molar-refractivity contribution is -0.163. The third-order valence-electron chi connectivity index (χ3n) is 2.67. The van der Waals surface area contributed by atoms with Crippen LogP contribution in [0.4, 0.5) is 0 Å². The normalized spacial score (nSPS) is 16.2. The molecule has 16 heavy (non-hydrogen) atoms. The van der Waals surface area contributed by atoms with Crippen molar-refractivity contribution in [2.45, 2.75) is 32.9 Å². The average Bonchev–Trinajstić information content (AvgIpc) is 2.28. The van der Waals surface area contributed by atoms with Crippen LogP contribution in [0.2, 0.25) is 0 Å². The Bertz CT molecular complexity index is 346. The maximum Gasteiger partial charge on any atom is 0.310 e. The van der Waals surface area contributed by atoms with Gasteiger partial charge in [0.15, 0.2) is 5.72 Å². The molecule has 0 heterocycles. The van der Waals surface area contributed by atoms with Crippen LogP contribution in [0.5, 0.6) is 0 Å². The van der Waals surface area contributed by atoms with Gasteiger partial charge in [0, 0.05) is 5.56 Å². The molecule has 88 valence electrons. The van der Waals surface area contributed by atoms with E-state index in [2.05, 4.69) is 0 Å². The van der Waals surface area contributed by atoms with Crippen LogP contribution in [0.25, 0.3) is 0 Å². The highest BCUT2D eigenvalue weighted by atomic mass is 16.6. The fourth-order valence-corrected chi connectivity index (χ4v) is 1.30. The number of ether oxygens (including phenoxy) is 1. The van der Waals surface area contributed by atoms with E-state index >= 15 is 0 Å². The van der Waals surface area contributed by atoms with E-state index in [-0.39, 0.29) is 11.9 Å². The summed E-state index contributed by atoms with van der Waals surface area (Å²) in [6.07, 6.45) is 0.754. The number of nitrogens with two attached hydrogens (primary N) is 1. The van der Waals surface area contributed by atoms with Crippen molar-refractivity contribution < 1.29 is 9.53 Å². The highest BCUT2D eigenvalue weighted by Crippen LogP contribution is 2.20. The van der Waals surface area contributed by atoms with Crippen molar-refractivity contribution in [1.29, 1.82) is 0 Å². The molecule has 1 aromatic rings. The number of carbonyl (C=O) groups is 1. The predicted molar refractivity (Wildman–Crippen MR) is 63.5 cm³/mol. The first-order valence-corrected chi connectivity index (χ1v) is 5.54.